The molecule has 0 aliphatic rings. The average molecular weight is 198 g/mol. The zero-order valence-electron chi connectivity index (χ0n) is 7.19. The molecule has 1 aromatic rings. The van der Waals surface area contributed by atoms with Crippen molar-refractivity contribution in [2.75, 3.05) is 7.05 Å². The highest BCUT2D eigenvalue weighted by Crippen LogP contribution is 2.24. The number of carbonyl (C=O) groups is 1. The van der Waals surface area contributed by atoms with E-state index >= 15 is 0 Å². The van der Waals surface area contributed by atoms with Gasteiger partial charge in [-0.3, -0.25) is 4.79 Å². The van der Waals surface area contributed by atoms with Gasteiger partial charge in [0.25, 0.3) is 0 Å². The quantitative estimate of drug-likeness (QED) is 0.748. The van der Waals surface area contributed by atoms with E-state index in [1.807, 2.05) is 11.4 Å². The Kier molecular flexibility index (Phi) is 3.57. The van der Waals surface area contributed by atoms with Gasteiger partial charge in [0.2, 0.25) is 5.91 Å². The Morgan fingerprint density at radius 3 is 3.00 bits per heavy atom. The van der Waals surface area contributed by atoms with Crippen LogP contribution in [0.1, 0.15) is 17.3 Å². The van der Waals surface area contributed by atoms with Gasteiger partial charge in [0.15, 0.2) is 0 Å². The summed E-state index contributed by atoms with van der Waals surface area (Å²) in [5.74, 6) is -0.169. The number of hydrogen-bond acceptors (Lipinski definition) is 4. The van der Waals surface area contributed by atoms with Gasteiger partial charge in [-0.15, -0.1) is 11.3 Å². The van der Waals surface area contributed by atoms with Crippen molar-refractivity contribution >= 4 is 17.2 Å². The second-order valence-electron chi connectivity index (χ2n) is 2.51. The summed E-state index contributed by atoms with van der Waals surface area (Å²) in [6, 6.07) is 3.10. The Labute approximate surface area is 79.9 Å². The molecule has 0 spiro atoms. The number of nitrogens with one attached hydrogen (secondary N) is 1. The number of rotatable bonds is 4. The van der Waals surface area contributed by atoms with Gasteiger partial charge in [0.1, 0.15) is 6.04 Å². The molecule has 0 aliphatic heterocycles. The minimum Gasteiger partial charge on any atom is -0.359 e. The van der Waals surface area contributed by atoms with E-state index in [0.29, 0.717) is 0 Å². The molecule has 13 heavy (non-hydrogen) atoms. The van der Waals surface area contributed by atoms with Crippen LogP contribution in [0, 0.1) is 4.91 Å². The third-order valence-corrected chi connectivity index (χ3v) is 2.63. The maximum absolute atomic E-state index is 11.0. The predicted molar refractivity (Wildman–Crippen MR) is 51.5 cm³/mol. The highest BCUT2D eigenvalue weighted by atomic mass is 32.1. The van der Waals surface area contributed by atoms with Crippen molar-refractivity contribution in [3.63, 3.8) is 0 Å². The first-order valence-corrected chi connectivity index (χ1v) is 4.72. The number of amides is 1. The molecular formula is C8H10N2O2S. The molecule has 0 bridgehead atoms. The first kappa shape index (κ1) is 9.85. The number of hydrogen-bond donors (Lipinski definition) is 1. The number of nitrogens with zero attached hydrogens (tertiary/aromatic N) is 1. The van der Waals surface area contributed by atoms with Crippen LogP contribution in [0.5, 0.6) is 0 Å². The molecule has 70 valence electrons. The molecule has 0 saturated carbocycles. The van der Waals surface area contributed by atoms with Gasteiger partial charge in [0, 0.05) is 11.9 Å². The molecule has 0 saturated heterocycles. The standard InChI is InChI=1S/C8H10N2O2S/c1-9-8(11)5-6(10-12)7-3-2-4-13-7/h2-4,6H,5H2,1H3,(H,9,11). The predicted octanol–water partition coefficient (Wildman–Crippen LogP) is 1.69. The summed E-state index contributed by atoms with van der Waals surface area (Å²) in [5.41, 5.74) is 0. The van der Waals surface area contributed by atoms with Crippen LogP contribution < -0.4 is 5.32 Å². The third-order valence-electron chi connectivity index (χ3n) is 1.66. The van der Waals surface area contributed by atoms with E-state index in [-0.39, 0.29) is 12.3 Å². The molecule has 0 aliphatic carbocycles. The molecule has 1 rings (SSSR count). The maximum atomic E-state index is 11.0. The summed E-state index contributed by atoms with van der Waals surface area (Å²) in [5, 5.41) is 7.24. The lowest BCUT2D eigenvalue weighted by molar-refractivity contribution is -0.120. The highest BCUT2D eigenvalue weighted by molar-refractivity contribution is 7.10. The smallest absolute Gasteiger partial charge is 0.222 e. The Hall–Kier alpha value is -1.23. The van der Waals surface area contributed by atoms with Gasteiger partial charge in [-0.25, -0.2) is 0 Å². The fraction of sp³-hybridized carbons (Fsp3) is 0.375. The van der Waals surface area contributed by atoms with Crippen molar-refractivity contribution in [1.29, 1.82) is 0 Å². The molecule has 0 radical (unpaired) electrons. The van der Waals surface area contributed by atoms with Crippen LogP contribution in [-0.4, -0.2) is 13.0 Å². The third kappa shape index (κ3) is 2.62. The van der Waals surface area contributed by atoms with Crippen LogP contribution >= 0.6 is 11.3 Å². The molecule has 0 fully saturated rings. The summed E-state index contributed by atoms with van der Waals surface area (Å²) in [6.07, 6.45) is 0.126. The monoisotopic (exact) mass is 198 g/mol. The maximum Gasteiger partial charge on any atom is 0.222 e. The van der Waals surface area contributed by atoms with Crippen LogP contribution in [0.2, 0.25) is 0 Å². The van der Waals surface area contributed by atoms with Crippen molar-refractivity contribution in [2.24, 2.45) is 5.18 Å². The molecule has 4 nitrogen and oxygen atoms in total. The van der Waals surface area contributed by atoms with Crippen LogP contribution in [0.4, 0.5) is 0 Å². The zero-order chi connectivity index (χ0) is 9.68. The van der Waals surface area contributed by atoms with E-state index in [0.717, 1.165) is 4.88 Å². The Morgan fingerprint density at radius 1 is 1.77 bits per heavy atom. The van der Waals surface area contributed by atoms with Crippen LogP contribution in [-0.2, 0) is 4.79 Å². The number of carbonyl (C=O) groups excluding carboxylic acids is 1. The number of nitroso groups, excluding NO2 is 1. The van der Waals surface area contributed by atoms with Gasteiger partial charge in [-0.2, -0.15) is 4.91 Å². The molecule has 1 N–H and O–H groups in total. The first-order chi connectivity index (χ1) is 6.27. The molecule has 1 aromatic heterocycles. The second-order valence-corrected chi connectivity index (χ2v) is 3.49. The lowest BCUT2D eigenvalue weighted by atomic mass is 10.2. The topological polar surface area (TPSA) is 58.5 Å². The molecule has 1 atom stereocenters. The van der Waals surface area contributed by atoms with Gasteiger partial charge < -0.3 is 5.32 Å². The molecule has 1 heterocycles. The lowest BCUT2D eigenvalue weighted by Crippen LogP contribution is -2.19. The first-order valence-electron chi connectivity index (χ1n) is 3.84. The summed E-state index contributed by atoms with van der Waals surface area (Å²) in [4.78, 5) is 22.2. The highest BCUT2D eigenvalue weighted by Gasteiger charge is 2.16. The molecule has 1 amide bonds. The van der Waals surface area contributed by atoms with Crippen molar-refractivity contribution in [1.82, 2.24) is 5.32 Å². The van der Waals surface area contributed by atoms with E-state index in [2.05, 4.69) is 10.5 Å². The fourth-order valence-electron chi connectivity index (χ4n) is 0.948. The van der Waals surface area contributed by atoms with E-state index in [1.165, 1.54) is 11.3 Å². The lowest BCUT2D eigenvalue weighted by Gasteiger charge is -2.04. The van der Waals surface area contributed by atoms with Crippen LogP contribution in [0.3, 0.4) is 0 Å². The van der Waals surface area contributed by atoms with Crippen LogP contribution in [0.25, 0.3) is 0 Å². The normalized spacial score (nSPS) is 12.1. The van der Waals surface area contributed by atoms with Crippen molar-refractivity contribution < 1.29 is 4.79 Å². The minimum absolute atomic E-state index is 0.126. The Balaban J connectivity index is 2.64. The number of thiophene rings is 1. The van der Waals surface area contributed by atoms with E-state index in [1.54, 1.807) is 13.1 Å². The van der Waals surface area contributed by atoms with Crippen molar-refractivity contribution in [2.45, 2.75) is 12.5 Å². The van der Waals surface area contributed by atoms with Gasteiger partial charge in [-0.1, -0.05) is 11.2 Å². The van der Waals surface area contributed by atoms with E-state index in [9.17, 15) is 9.70 Å². The Morgan fingerprint density at radius 2 is 2.54 bits per heavy atom. The van der Waals surface area contributed by atoms with E-state index < -0.39 is 6.04 Å². The summed E-state index contributed by atoms with van der Waals surface area (Å²) in [6.45, 7) is 0. The second kappa shape index (κ2) is 4.71. The van der Waals surface area contributed by atoms with Crippen molar-refractivity contribution in [3.05, 3.63) is 27.3 Å². The largest absolute Gasteiger partial charge is 0.359 e. The van der Waals surface area contributed by atoms with Gasteiger partial charge in [-0.05, 0) is 11.4 Å². The zero-order valence-corrected chi connectivity index (χ0v) is 8.00. The molecule has 1 unspecified atom stereocenters. The van der Waals surface area contributed by atoms with E-state index in [4.69, 9.17) is 0 Å². The molecular weight excluding hydrogens is 188 g/mol. The molecule has 0 aromatic carbocycles. The summed E-state index contributed by atoms with van der Waals surface area (Å²) in [7, 11) is 1.54. The fourth-order valence-corrected chi connectivity index (χ4v) is 1.70. The summed E-state index contributed by atoms with van der Waals surface area (Å²) < 4.78 is 0. The van der Waals surface area contributed by atoms with Gasteiger partial charge >= 0.3 is 0 Å². The van der Waals surface area contributed by atoms with Gasteiger partial charge in [0.05, 0.1) is 6.42 Å². The average Bonchev–Trinajstić information content (AvgIpc) is 2.66. The Bertz CT molecular complexity index is 284. The molecule has 5 heteroatoms. The SMILES string of the molecule is CNC(=O)CC(N=O)c1cccs1. The van der Waals surface area contributed by atoms with Crippen molar-refractivity contribution in [3.8, 4) is 0 Å². The van der Waals surface area contributed by atoms with Crippen LogP contribution in [0.15, 0.2) is 22.7 Å². The minimum atomic E-state index is -0.542. The summed E-state index contributed by atoms with van der Waals surface area (Å²) >= 11 is 1.43.